The molecule has 0 fully saturated rings. The maximum Gasteiger partial charge on any atom is 0.0555 e. The van der Waals surface area contributed by atoms with Crippen LogP contribution in [-0.4, -0.2) is 6.54 Å². The first-order valence-electron chi connectivity index (χ1n) is 3.69. The molecule has 0 aliphatic rings. The Morgan fingerprint density at radius 2 is 2.25 bits per heavy atom. The molecule has 0 saturated carbocycles. The van der Waals surface area contributed by atoms with Crippen LogP contribution in [0.15, 0.2) is 18.2 Å². The van der Waals surface area contributed by atoms with Gasteiger partial charge in [-0.15, -0.1) is 0 Å². The zero-order valence-corrected chi connectivity index (χ0v) is 7.65. The van der Waals surface area contributed by atoms with Crippen molar-refractivity contribution in [2.24, 2.45) is 5.73 Å². The maximum atomic E-state index is 5.89. The van der Waals surface area contributed by atoms with E-state index >= 15 is 0 Å². The molecule has 0 bridgehead atoms. The van der Waals surface area contributed by atoms with Gasteiger partial charge >= 0.3 is 0 Å². The van der Waals surface area contributed by atoms with Crippen molar-refractivity contribution in [1.29, 1.82) is 0 Å². The van der Waals surface area contributed by atoms with Gasteiger partial charge < -0.3 is 5.73 Å². The average molecular weight is 180 g/mol. The summed E-state index contributed by atoms with van der Waals surface area (Å²) >= 11 is 5.89. The lowest BCUT2D eigenvalue weighted by Crippen LogP contribution is -1.93. The number of halogens is 1. The molecule has 0 spiro atoms. The summed E-state index contributed by atoms with van der Waals surface area (Å²) < 4.78 is 0. The summed E-state index contributed by atoms with van der Waals surface area (Å²) in [6, 6.07) is 5.73. The lowest BCUT2D eigenvalue weighted by atomic mass is 10.1. The lowest BCUT2D eigenvalue weighted by molar-refractivity contribution is 1.30. The molecular weight excluding hydrogens is 170 g/mol. The highest BCUT2D eigenvalue weighted by Gasteiger charge is 1.93. The van der Waals surface area contributed by atoms with E-state index in [9.17, 15) is 0 Å². The van der Waals surface area contributed by atoms with Gasteiger partial charge in [0.1, 0.15) is 0 Å². The van der Waals surface area contributed by atoms with Gasteiger partial charge in [0.2, 0.25) is 0 Å². The number of aryl methyl sites for hydroxylation is 1. The molecule has 0 heterocycles. The van der Waals surface area contributed by atoms with Crippen LogP contribution >= 0.6 is 11.6 Å². The fourth-order valence-corrected chi connectivity index (χ4v) is 1.00. The van der Waals surface area contributed by atoms with Gasteiger partial charge in [-0.05, 0) is 24.6 Å². The first kappa shape index (κ1) is 9.12. The molecule has 0 unspecified atom stereocenters. The van der Waals surface area contributed by atoms with Gasteiger partial charge in [-0.25, -0.2) is 0 Å². The second kappa shape index (κ2) is 4.15. The van der Waals surface area contributed by atoms with E-state index in [1.165, 1.54) is 0 Å². The number of rotatable bonds is 0. The Morgan fingerprint density at radius 1 is 1.50 bits per heavy atom. The number of benzene rings is 1. The lowest BCUT2D eigenvalue weighted by Gasteiger charge is -1.96. The molecule has 12 heavy (non-hydrogen) atoms. The molecule has 0 amide bonds. The summed E-state index contributed by atoms with van der Waals surface area (Å²) in [6.07, 6.45) is 0. The Bertz CT molecular complexity index is 333. The van der Waals surface area contributed by atoms with E-state index in [0.717, 1.165) is 16.1 Å². The number of nitrogens with two attached hydrogens (primary N) is 1. The standard InChI is InChI=1S/C10H10ClN/c1-8-4-5-9(3-2-6-12)7-10(8)11/h4-5,7H,6,12H2,1H3. The van der Waals surface area contributed by atoms with Crippen molar-refractivity contribution < 1.29 is 0 Å². The average Bonchev–Trinajstić information content (AvgIpc) is 2.07. The SMILES string of the molecule is Cc1ccc(C#CCN)cc1Cl. The Kier molecular flexibility index (Phi) is 3.16. The van der Waals surface area contributed by atoms with Crippen molar-refractivity contribution in [3.63, 3.8) is 0 Å². The predicted octanol–water partition coefficient (Wildman–Crippen LogP) is 1.96. The first-order chi connectivity index (χ1) is 5.74. The number of hydrogen-bond acceptors (Lipinski definition) is 1. The molecule has 0 saturated heterocycles. The summed E-state index contributed by atoms with van der Waals surface area (Å²) in [5.74, 6) is 5.68. The van der Waals surface area contributed by atoms with Crippen molar-refractivity contribution in [3.05, 3.63) is 34.3 Å². The molecule has 0 atom stereocenters. The van der Waals surface area contributed by atoms with E-state index in [0.29, 0.717) is 6.54 Å². The van der Waals surface area contributed by atoms with Crippen molar-refractivity contribution in [1.82, 2.24) is 0 Å². The minimum absolute atomic E-state index is 0.380. The monoisotopic (exact) mass is 179 g/mol. The third kappa shape index (κ3) is 2.27. The molecule has 2 heteroatoms. The molecule has 1 aromatic rings. The fourth-order valence-electron chi connectivity index (χ4n) is 0.824. The Labute approximate surface area is 77.5 Å². The summed E-state index contributed by atoms with van der Waals surface area (Å²) in [5.41, 5.74) is 7.22. The predicted molar refractivity (Wildman–Crippen MR) is 52.1 cm³/mol. The molecule has 0 aliphatic heterocycles. The zero-order valence-electron chi connectivity index (χ0n) is 6.89. The highest BCUT2D eigenvalue weighted by Crippen LogP contribution is 2.15. The molecule has 2 N–H and O–H groups in total. The highest BCUT2D eigenvalue weighted by molar-refractivity contribution is 6.31. The summed E-state index contributed by atoms with van der Waals surface area (Å²) in [4.78, 5) is 0. The van der Waals surface area contributed by atoms with Crippen LogP contribution in [0.5, 0.6) is 0 Å². The topological polar surface area (TPSA) is 26.0 Å². The van der Waals surface area contributed by atoms with Gasteiger partial charge in [-0.3, -0.25) is 0 Å². The highest BCUT2D eigenvalue weighted by atomic mass is 35.5. The molecule has 1 nitrogen and oxygen atoms in total. The van der Waals surface area contributed by atoms with Gasteiger partial charge in [0.15, 0.2) is 0 Å². The van der Waals surface area contributed by atoms with Gasteiger partial charge in [-0.1, -0.05) is 29.5 Å². The van der Waals surface area contributed by atoms with Gasteiger partial charge in [0.05, 0.1) is 6.54 Å². The van der Waals surface area contributed by atoms with Crippen LogP contribution in [0.25, 0.3) is 0 Å². The minimum atomic E-state index is 0.380. The molecular formula is C10H10ClN. The second-order valence-corrected chi connectivity index (χ2v) is 2.88. The van der Waals surface area contributed by atoms with Crippen molar-refractivity contribution in [2.75, 3.05) is 6.54 Å². The largest absolute Gasteiger partial charge is 0.320 e. The summed E-state index contributed by atoms with van der Waals surface area (Å²) in [7, 11) is 0. The second-order valence-electron chi connectivity index (χ2n) is 2.47. The Balaban J connectivity index is 2.97. The van der Waals surface area contributed by atoms with Crippen molar-refractivity contribution >= 4 is 11.6 Å². The van der Waals surface area contributed by atoms with E-state index in [1.807, 2.05) is 25.1 Å². The molecule has 0 radical (unpaired) electrons. The van der Waals surface area contributed by atoms with Crippen LogP contribution in [0.3, 0.4) is 0 Å². The van der Waals surface area contributed by atoms with Crippen LogP contribution in [0, 0.1) is 18.8 Å². The number of hydrogen-bond donors (Lipinski definition) is 1. The van der Waals surface area contributed by atoms with Crippen LogP contribution in [0.4, 0.5) is 0 Å². The Hall–Kier alpha value is -0.970. The van der Waals surface area contributed by atoms with E-state index in [-0.39, 0.29) is 0 Å². The Morgan fingerprint density at radius 3 is 2.83 bits per heavy atom. The molecule has 0 aromatic heterocycles. The quantitative estimate of drug-likeness (QED) is 0.606. The summed E-state index contributed by atoms with van der Waals surface area (Å²) in [6.45, 7) is 2.34. The maximum absolute atomic E-state index is 5.89. The third-order valence-corrected chi connectivity index (χ3v) is 1.91. The molecule has 62 valence electrons. The minimum Gasteiger partial charge on any atom is -0.320 e. The normalized spacial score (nSPS) is 8.92. The molecule has 1 rings (SSSR count). The van der Waals surface area contributed by atoms with Crippen molar-refractivity contribution in [2.45, 2.75) is 6.92 Å². The third-order valence-electron chi connectivity index (χ3n) is 1.51. The zero-order chi connectivity index (χ0) is 8.97. The molecule has 1 aromatic carbocycles. The van der Waals surface area contributed by atoms with E-state index in [1.54, 1.807) is 0 Å². The first-order valence-corrected chi connectivity index (χ1v) is 4.07. The molecule has 0 aliphatic carbocycles. The van der Waals surface area contributed by atoms with Crippen LogP contribution in [0.2, 0.25) is 5.02 Å². The summed E-state index contributed by atoms with van der Waals surface area (Å²) in [5, 5.41) is 0.749. The van der Waals surface area contributed by atoms with E-state index in [2.05, 4.69) is 11.8 Å². The van der Waals surface area contributed by atoms with Crippen molar-refractivity contribution in [3.8, 4) is 11.8 Å². The van der Waals surface area contributed by atoms with Gasteiger partial charge in [-0.2, -0.15) is 0 Å². The van der Waals surface area contributed by atoms with E-state index in [4.69, 9.17) is 17.3 Å². The van der Waals surface area contributed by atoms with Crippen LogP contribution in [-0.2, 0) is 0 Å². The van der Waals surface area contributed by atoms with E-state index < -0.39 is 0 Å². The smallest absolute Gasteiger partial charge is 0.0555 e. The van der Waals surface area contributed by atoms with Gasteiger partial charge in [0.25, 0.3) is 0 Å². The van der Waals surface area contributed by atoms with Gasteiger partial charge in [0, 0.05) is 10.6 Å². The van der Waals surface area contributed by atoms with Crippen LogP contribution < -0.4 is 5.73 Å². The van der Waals surface area contributed by atoms with Crippen LogP contribution in [0.1, 0.15) is 11.1 Å². The fraction of sp³-hybridized carbons (Fsp3) is 0.200.